The van der Waals surface area contributed by atoms with Crippen molar-refractivity contribution in [1.29, 1.82) is 5.41 Å². The average molecular weight is 555 g/mol. The minimum absolute atomic E-state index is 0.263. The van der Waals surface area contributed by atoms with Gasteiger partial charge in [-0.1, -0.05) is 169 Å². The first-order valence-electron chi connectivity index (χ1n) is 14.6. The topological polar surface area (TPSA) is 49.9 Å². The Kier molecular flexibility index (Phi) is 7.84. The second kappa shape index (κ2) is 12.2. The molecule has 0 bridgehead atoms. The maximum Gasteiger partial charge on any atom is 0.0713 e. The second-order valence-corrected chi connectivity index (χ2v) is 10.8. The third-order valence-corrected chi connectivity index (χ3v) is 8.10. The van der Waals surface area contributed by atoms with E-state index in [1.165, 1.54) is 38.9 Å². The van der Waals surface area contributed by atoms with Crippen LogP contribution in [0.5, 0.6) is 0 Å². The van der Waals surface area contributed by atoms with Gasteiger partial charge in [0.15, 0.2) is 0 Å². The molecule has 0 atom stereocenters. The van der Waals surface area contributed by atoms with Crippen molar-refractivity contribution < 1.29 is 0 Å². The highest BCUT2D eigenvalue weighted by molar-refractivity contribution is 6.10. The fraction of sp³-hybridized carbons (Fsp3) is 0.0488. The van der Waals surface area contributed by atoms with E-state index < -0.39 is 0 Å². The van der Waals surface area contributed by atoms with Gasteiger partial charge in [0.25, 0.3) is 0 Å². The lowest BCUT2D eigenvalue weighted by atomic mass is 9.67. The number of hydrogen-bond acceptors (Lipinski definition) is 2. The monoisotopic (exact) mass is 554 g/mol. The van der Waals surface area contributed by atoms with E-state index in [0.717, 1.165) is 11.1 Å². The Labute approximate surface area is 254 Å². The number of aryl methyl sites for hydroxylation is 1. The zero-order valence-corrected chi connectivity index (χ0v) is 24.2. The zero-order chi connectivity index (χ0) is 29.6. The molecule has 0 radical (unpaired) electrons. The SMILES string of the molecule is Cc1cccc(C2(c3ccccc3)c3ccccc3-c3ccccc32)c1.N=C(/C=C(\N)c1ccccc1)c1ccccc1. The first-order valence-corrected chi connectivity index (χ1v) is 14.6. The van der Waals surface area contributed by atoms with Crippen LogP contribution in [0, 0.1) is 12.3 Å². The van der Waals surface area contributed by atoms with Crippen molar-refractivity contribution in [2.75, 3.05) is 0 Å². The predicted molar refractivity (Wildman–Crippen MR) is 180 cm³/mol. The summed E-state index contributed by atoms with van der Waals surface area (Å²) in [4.78, 5) is 0. The number of rotatable bonds is 5. The van der Waals surface area contributed by atoms with Gasteiger partial charge in [-0.3, -0.25) is 0 Å². The Hall–Kier alpha value is -5.47. The quantitative estimate of drug-likeness (QED) is 0.205. The number of hydrogen-bond donors (Lipinski definition) is 2. The van der Waals surface area contributed by atoms with Gasteiger partial charge in [-0.05, 0) is 57.5 Å². The third-order valence-electron chi connectivity index (χ3n) is 8.10. The minimum atomic E-state index is -0.263. The van der Waals surface area contributed by atoms with Gasteiger partial charge in [0.2, 0.25) is 0 Å². The van der Waals surface area contributed by atoms with Crippen molar-refractivity contribution >= 4 is 11.4 Å². The molecule has 6 aromatic carbocycles. The molecule has 208 valence electrons. The predicted octanol–water partition coefficient (Wildman–Crippen LogP) is 9.41. The summed E-state index contributed by atoms with van der Waals surface area (Å²) in [7, 11) is 0. The Balaban J connectivity index is 0.000000168. The van der Waals surface area contributed by atoms with Crippen molar-refractivity contribution in [2.24, 2.45) is 5.73 Å². The molecule has 0 heterocycles. The number of fused-ring (bicyclic) bond motifs is 3. The summed E-state index contributed by atoms with van der Waals surface area (Å²) in [5.74, 6) is 0. The highest BCUT2D eigenvalue weighted by Crippen LogP contribution is 2.55. The number of nitrogens with two attached hydrogens (primary N) is 1. The van der Waals surface area contributed by atoms with E-state index >= 15 is 0 Å². The lowest BCUT2D eigenvalue weighted by Crippen LogP contribution is -2.28. The van der Waals surface area contributed by atoms with Crippen LogP contribution in [0.3, 0.4) is 0 Å². The van der Waals surface area contributed by atoms with Gasteiger partial charge in [0.1, 0.15) is 0 Å². The van der Waals surface area contributed by atoms with Gasteiger partial charge in [0.05, 0.1) is 11.1 Å². The van der Waals surface area contributed by atoms with Crippen LogP contribution in [0.2, 0.25) is 0 Å². The second-order valence-electron chi connectivity index (χ2n) is 10.8. The van der Waals surface area contributed by atoms with Gasteiger partial charge in [-0.25, -0.2) is 0 Å². The largest absolute Gasteiger partial charge is 0.398 e. The molecule has 1 aliphatic rings. The van der Waals surface area contributed by atoms with Crippen LogP contribution in [0.4, 0.5) is 0 Å². The van der Waals surface area contributed by atoms with E-state index in [2.05, 4.69) is 110 Å². The number of nitrogens with one attached hydrogen (secondary N) is 1. The summed E-state index contributed by atoms with van der Waals surface area (Å²) in [6, 6.07) is 56.9. The molecule has 0 amide bonds. The molecule has 0 fully saturated rings. The van der Waals surface area contributed by atoms with Gasteiger partial charge < -0.3 is 11.1 Å². The molecule has 0 saturated carbocycles. The molecule has 6 aromatic rings. The molecule has 43 heavy (non-hydrogen) atoms. The maximum atomic E-state index is 7.95. The standard InChI is InChI=1S/C26H20.C15H14N2/c1-19-10-9-13-21(18-19)26(20-11-3-2-4-12-20)24-16-7-5-14-22(24)23-15-6-8-17-25(23)26;16-14(12-7-3-1-4-8-12)11-15(17)13-9-5-2-6-10-13/h2-18H,1H3;1-11,16H,17H2/b;15-11-,16-14?. The van der Waals surface area contributed by atoms with Crippen molar-refractivity contribution in [3.8, 4) is 11.1 Å². The van der Waals surface area contributed by atoms with Gasteiger partial charge in [0, 0.05) is 5.70 Å². The molecule has 0 aromatic heterocycles. The molecule has 3 N–H and O–H groups in total. The smallest absolute Gasteiger partial charge is 0.0713 e. The van der Waals surface area contributed by atoms with E-state index in [0.29, 0.717) is 11.4 Å². The summed E-state index contributed by atoms with van der Waals surface area (Å²) in [6.07, 6.45) is 1.69. The molecular weight excluding hydrogens is 520 g/mol. The normalized spacial score (nSPS) is 12.8. The van der Waals surface area contributed by atoms with Crippen LogP contribution in [0.1, 0.15) is 38.9 Å². The van der Waals surface area contributed by atoms with Crippen molar-refractivity contribution in [1.82, 2.24) is 0 Å². The van der Waals surface area contributed by atoms with Gasteiger partial charge >= 0.3 is 0 Å². The molecule has 2 nitrogen and oxygen atoms in total. The third kappa shape index (κ3) is 5.31. The molecule has 7 rings (SSSR count). The Morgan fingerprint density at radius 3 is 1.56 bits per heavy atom. The van der Waals surface area contributed by atoms with Crippen molar-refractivity contribution in [3.05, 3.63) is 209 Å². The highest BCUT2D eigenvalue weighted by atomic mass is 14.6. The van der Waals surface area contributed by atoms with Crippen LogP contribution >= 0.6 is 0 Å². The zero-order valence-electron chi connectivity index (χ0n) is 24.2. The molecule has 0 aliphatic heterocycles. The van der Waals surface area contributed by atoms with E-state index in [1.54, 1.807) is 6.08 Å². The number of benzene rings is 6. The Bertz CT molecular complexity index is 1840. The van der Waals surface area contributed by atoms with Crippen LogP contribution < -0.4 is 5.73 Å². The summed E-state index contributed by atoms with van der Waals surface area (Å²) >= 11 is 0. The highest BCUT2D eigenvalue weighted by Gasteiger charge is 2.45. The average Bonchev–Trinajstić information content (AvgIpc) is 3.37. The fourth-order valence-corrected chi connectivity index (χ4v) is 6.16. The first-order chi connectivity index (χ1) is 21.1. The lowest BCUT2D eigenvalue weighted by molar-refractivity contribution is 0.767. The Morgan fingerprint density at radius 1 is 0.535 bits per heavy atom. The van der Waals surface area contributed by atoms with Crippen molar-refractivity contribution in [2.45, 2.75) is 12.3 Å². The van der Waals surface area contributed by atoms with Gasteiger partial charge in [-0.15, -0.1) is 0 Å². The molecule has 2 heteroatoms. The fourth-order valence-electron chi connectivity index (χ4n) is 6.16. The van der Waals surface area contributed by atoms with Crippen LogP contribution in [0.25, 0.3) is 16.8 Å². The van der Waals surface area contributed by atoms with E-state index in [4.69, 9.17) is 11.1 Å². The maximum absolute atomic E-state index is 7.95. The van der Waals surface area contributed by atoms with E-state index in [-0.39, 0.29) is 5.41 Å². The summed E-state index contributed by atoms with van der Waals surface area (Å²) in [6.45, 7) is 2.18. The van der Waals surface area contributed by atoms with E-state index in [9.17, 15) is 0 Å². The minimum Gasteiger partial charge on any atom is -0.398 e. The molecule has 1 aliphatic carbocycles. The molecule has 0 unspecified atom stereocenters. The Morgan fingerprint density at radius 2 is 1.00 bits per heavy atom. The first kappa shape index (κ1) is 27.7. The van der Waals surface area contributed by atoms with Crippen LogP contribution in [-0.2, 0) is 5.41 Å². The molecule has 0 spiro atoms. The summed E-state index contributed by atoms with van der Waals surface area (Å²) < 4.78 is 0. The van der Waals surface area contributed by atoms with Crippen LogP contribution in [0.15, 0.2) is 170 Å². The van der Waals surface area contributed by atoms with Crippen LogP contribution in [-0.4, -0.2) is 5.71 Å². The van der Waals surface area contributed by atoms with Gasteiger partial charge in [-0.2, -0.15) is 0 Å². The summed E-state index contributed by atoms with van der Waals surface area (Å²) in [5.41, 5.74) is 17.9. The molecular formula is C41H34N2. The lowest BCUT2D eigenvalue weighted by Gasteiger charge is -2.34. The van der Waals surface area contributed by atoms with E-state index in [1.807, 2.05) is 60.7 Å². The number of allylic oxidation sites excluding steroid dienone is 1. The summed E-state index contributed by atoms with van der Waals surface area (Å²) in [5, 5.41) is 7.95. The molecule has 0 saturated heterocycles. The van der Waals surface area contributed by atoms with Crippen molar-refractivity contribution in [3.63, 3.8) is 0 Å².